The molecule has 3 aromatic carbocycles. The summed E-state index contributed by atoms with van der Waals surface area (Å²) in [7, 11) is 0. The number of nitrogens with zero attached hydrogens (tertiary/aromatic N) is 1. The van der Waals surface area contributed by atoms with Crippen LogP contribution in [0.3, 0.4) is 0 Å². The lowest BCUT2D eigenvalue weighted by atomic mass is 10.1. The SMILES string of the molecule is O=C(Cc1ccc(Cl)cc1)NC(=S)Nc1ccc(Cc2nc3cc(Cl)ccc3o2)cc1. The molecule has 1 aromatic heterocycles. The zero-order valence-electron chi connectivity index (χ0n) is 16.2. The Labute approximate surface area is 194 Å². The van der Waals surface area contributed by atoms with Crippen molar-refractivity contribution >= 4 is 63.2 Å². The van der Waals surface area contributed by atoms with Gasteiger partial charge in [0.2, 0.25) is 5.91 Å². The molecule has 0 atom stereocenters. The van der Waals surface area contributed by atoms with E-state index in [1.54, 1.807) is 24.3 Å². The van der Waals surface area contributed by atoms with Crippen molar-refractivity contribution in [3.05, 3.63) is 93.8 Å². The highest BCUT2D eigenvalue weighted by molar-refractivity contribution is 7.80. The first-order valence-electron chi connectivity index (χ1n) is 9.44. The third-order valence-electron chi connectivity index (χ3n) is 4.49. The number of carbonyl (C=O) groups excluding carboxylic acids is 1. The van der Waals surface area contributed by atoms with Gasteiger partial charge in [0.15, 0.2) is 16.6 Å². The highest BCUT2D eigenvalue weighted by Crippen LogP contribution is 2.22. The summed E-state index contributed by atoms with van der Waals surface area (Å²) >= 11 is 17.1. The van der Waals surface area contributed by atoms with Crippen molar-refractivity contribution in [1.29, 1.82) is 0 Å². The van der Waals surface area contributed by atoms with Crippen molar-refractivity contribution in [3.8, 4) is 0 Å². The maximum absolute atomic E-state index is 12.2. The summed E-state index contributed by atoms with van der Waals surface area (Å²) in [4.78, 5) is 16.6. The summed E-state index contributed by atoms with van der Waals surface area (Å²) in [6.45, 7) is 0. The lowest BCUT2D eigenvalue weighted by Crippen LogP contribution is -2.35. The highest BCUT2D eigenvalue weighted by atomic mass is 35.5. The van der Waals surface area contributed by atoms with Crippen molar-refractivity contribution in [3.63, 3.8) is 0 Å². The van der Waals surface area contributed by atoms with Crippen molar-refractivity contribution in [2.45, 2.75) is 12.8 Å². The summed E-state index contributed by atoms with van der Waals surface area (Å²) in [5.74, 6) is 0.412. The molecule has 0 unspecified atom stereocenters. The summed E-state index contributed by atoms with van der Waals surface area (Å²) in [6.07, 6.45) is 0.766. The topological polar surface area (TPSA) is 67.2 Å². The smallest absolute Gasteiger partial charge is 0.230 e. The minimum Gasteiger partial charge on any atom is -0.440 e. The Morgan fingerprint density at radius 1 is 0.935 bits per heavy atom. The molecule has 2 N–H and O–H groups in total. The van der Waals surface area contributed by atoms with Gasteiger partial charge >= 0.3 is 0 Å². The van der Waals surface area contributed by atoms with E-state index in [1.807, 2.05) is 42.5 Å². The molecule has 0 spiro atoms. The second-order valence-electron chi connectivity index (χ2n) is 6.90. The molecule has 5 nitrogen and oxygen atoms in total. The fourth-order valence-corrected chi connectivity index (χ4v) is 3.55. The van der Waals surface area contributed by atoms with Crippen LogP contribution in [0.15, 0.2) is 71.1 Å². The van der Waals surface area contributed by atoms with E-state index in [9.17, 15) is 4.79 Å². The van der Waals surface area contributed by atoms with Gasteiger partial charge in [-0.1, -0.05) is 47.5 Å². The van der Waals surface area contributed by atoms with Crippen molar-refractivity contribution in [2.75, 3.05) is 5.32 Å². The first kappa shape index (κ1) is 21.3. The fourth-order valence-electron chi connectivity index (χ4n) is 3.03. The van der Waals surface area contributed by atoms with E-state index < -0.39 is 0 Å². The number of amides is 1. The number of fused-ring (bicyclic) bond motifs is 1. The normalized spacial score (nSPS) is 10.8. The lowest BCUT2D eigenvalue weighted by Gasteiger charge is -2.10. The van der Waals surface area contributed by atoms with E-state index >= 15 is 0 Å². The van der Waals surface area contributed by atoms with Crippen LogP contribution in [-0.2, 0) is 17.6 Å². The molecule has 0 saturated heterocycles. The number of aromatic nitrogens is 1. The third kappa shape index (κ3) is 5.82. The fraction of sp³-hybridized carbons (Fsp3) is 0.0870. The van der Waals surface area contributed by atoms with Gasteiger partial charge in [-0.05, 0) is 65.8 Å². The Morgan fingerprint density at radius 3 is 2.35 bits per heavy atom. The number of thiocarbonyl (C=S) groups is 1. The Morgan fingerprint density at radius 2 is 1.61 bits per heavy atom. The number of carbonyl (C=O) groups is 1. The van der Waals surface area contributed by atoms with Gasteiger partial charge in [0, 0.05) is 22.2 Å². The number of hydrogen-bond acceptors (Lipinski definition) is 4. The monoisotopic (exact) mass is 469 g/mol. The van der Waals surface area contributed by atoms with Crippen LogP contribution in [0.25, 0.3) is 11.1 Å². The molecule has 8 heteroatoms. The predicted molar refractivity (Wildman–Crippen MR) is 128 cm³/mol. The number of oxazole rings is 1. The van der Waals surface area contributed by atoms with E-state index in [0.717, 1.165) is 22.3 Å². The summed E-state index contributed by atoms with van der Waals surface area (Å²) < 4.78 is 5.76. The second-order valence-corrected chi connectivity index (χ2v) is 8.18. The maximum Gasteiger partial charge on any atom is 0.230 e. The van der Waals surface area contributed by atoms with E-state index in [-0.39, 0.29) is 17.4 Å². The van der Waals surface area contributed by atoms with E-state index in [1.165, 1.54) is 0 Å². The molecule has 0 aliphatic rings. The Hall–Kier alpha value is -2.93. The Kier molecular flexibility index (Phi) is 6.51. The molecule has 0 radical (unpaired) electrons. The number of benzene rings is 3. The molecule has 1 heterocycles. The van der Waals surface area contributed by atoms with Gasteiger partial charge in [0.25, 0.3) is 0 Å². The molecule has 156 valence electrons. The molecule has 0 fully saturated rings. The highest BCUT2D eigenvalue weighted by Gasteiger charge is 2.09. The number of nitrogens with one attached hydrogen (secondary N) is 2. The van der Waals surface area contributed by atoms with Crippen LogP contribution in [0.4, 0.5) is 5.69 Å². The summed E-state index contributed by atoms with van der Waals surface area (Å²) in [6, 6.07) is 20.1. The molecule has 31 heavy (non-hydrogen) atoms. The Bertz CT molecular complexity index is 1240. The summed E-state index contributed by atoms with van der Waals surface area (Å²) in [5, 5.41) is 7.18. The number of halogens is 2. The molecule has 0 aliphatic heterocycles. The Balaban J connectivity index is 1.31. The van der Waals surface area contributed by atoms with Crippen molar-refractivity contribution < 1.29 is 9.21 Å². The maximum atomic E-state index is 12.2. The predicted octanol–water partition coefficient (Wildman–Crippen LogP) is 5.78. The first-order chi connectivity index (χ1) is 14.9. The van der Waals surface area contributed by atoms with E-state index in [0.29, 0.717) is 27.9 Å². The zero-order valence-corrected chi connectivity index (χ0v) is 18.5. The molecule has 0 bridgehead atoms. The largest absolute Gasteiger partial charge is 0.440 e. The number of rotatable bonds is 5. The lowest BCUT2D eigenvalue weighted by molar-refractivity contribution is -0.119. The van der Waals surface area contributed by atoms with Gasteiger partial charge in [-0.3, -0.25) is 4.79 Å². The number of anilines is 1. The molecular formula is C23H17Cl2N3O2S. The van der Waals surface area contributed by atoms with Gasteiger partial charge in [0.1, 0.15) is 5.52 Å². The molecule has 0 saturated carbocycles. The van der Waals surface area contributed by atoms with Crippen LogP contribution >= 0.6 is 35.4 Å². The minimum atomic E-state index is -0.201. The van der Waals surface area contributed by atoms with Crippen LogP contribution in [-0.4, -0.2) is 16.0 Å². The molecule has 4 rings (SSSR count). The van der Waals surface area contributed by atoms with E-state index in [4.69, 9.17) is 39.8 Å². The van der Waals surface area contributed by atoms with E-state index in [2.05, 4.69) is 15.6 Å². The van der Waals surface area contributed by atoms with Gasteiger partial charge in [-0.2, -0.15) is 0 Å². The quantitative estimate of drug-likeness (QED) is 0.362. The van der Waals surface area contributed by atoms with Crippen LogP contribution in [0, 0.1) is 0 Å². The first-order valence-corrected chi connectivity index (χ1v) is 10.6. The van der Waals surface area contributed by atoms with Crippen LogP contribution in [0.2, 0.25) is 10.0 Å². The van der Waals surface area contributed by atoms with Crippen LogP contribution in [0.1, 0.15) is 17.0 Å². The molecular weight excluding hydrogens is 453 g/mol. The average Bonchev–Trinajstić information content (AvgIpc) is 3.12. The average molecular weight is 470 g/mol. The van der Waals surface area contributed by atoms with Gasteiger partial charge in [0.05, 0.1) is 6.42 Å². The zero-order chi connectivity index (χ0) is 21.8. The van der Waals surface area contributed by atoms with Gasteiger partial charge in [-0.15, -0.1) is 0 Å². The molecule has 1 amide bonds. The van der Waals surface area contributed by atoms with Crippen molar-refractivity contribution in [1.82, 2.24) is 10.3 Å². The minimum absolute atomic E-state index is 0.201. The number of hydrogen-bond donors (Lipinski definition) is 2. The second kappa shape index (κ2) is 9.47. The molecule has 4 aromatic rings. The van der Waals surface area contributed by atoms with Gasteiger partial charge in [-0.25, -0.2) is 4.98 Å². The summed E-state index contributed by atoms with van der Waals surface area (Å²) in [5.41, 5.74) is 4.10. The standard InChI is InChI=1S/C23H17Cl2N3O2S/c24-16-5-1-14(2-6-16)11-21(29)28-23(31)26-18-8-3-15(4-9-18)12-22-27-19-13-17(25)7-10-20(19)30-22/h1-10,13H,11-12H2,(H2,26,28,29,31). The molecule has 0 aliphatic carbocycles. The van der Waals surface area contributed by atoms with Crippen molar-refractivity contribution in [2.24, 2.45) is 0 Å². The third-order valence-corrected chi connectivity index (χ3v) is 5.18. The van der Waals surface area contributed by atoms with Crippen LogP contribution < -0.4 is 10.6 Å². The van der Waals surface area contributed by atoms with Crippen LogP contribution in [0.5, 0.6) is 0 Å². The van der Waals surface area contributed by atoms with Gasteiger partial charge < -0.3 is 15.1 Å².